The predicted octanol–water partition coefficient (Wildman–Crippen LogP) is 3.30. The fraction of sp³-hybridized carbons (Fsp3) is 0.692. The summed E-state index contributed by atoms with van der Waals surface area (Å²) in [6, 6.07) is -0.455. The molecule has 1 aliphatic heterocycles. The number of hydrogen-bond donors (Lipinski definition) is 0. The van der Waals surface area contributed by atoms with Crippen LogP contribution in [0, 0.1) is 0 Å². The fourth-order valence-electron chi connectivity index (χ4n) is 4.98. The van der Waals surface area contributed by atoms with E-state index in [0.717, 1.165) is 51.4 Å². The summed E-state index contributed by atoms with van der Waals surface area (Å²) in [5.74, 6) is -1.53. The zero-order chi connectivity index (χ0) is 24.5. The molecule has 188 valence electrons. The largest absolute Gasteiger partial charge is 0.459 e. The van der Waals surface area contributed by atoms with Gasteiger partial charge in [0.15, 0.2) is 0 Å². The summed E-state index contributed by atoms with van der Waals surface area (Å²) >= 11 is 0. The second-order valence-electron chi connectivity index (χ2n) is 9.74. The standard InChI is InChI=1S/C26H38N2O6/c1-19-17-28(24(30)14-16-26(32)34-22-11-7-4-8-12-22)20(2)18-27(19)23(29)13-15-25(31)33-21-9-5-3-6-10-21/h13-16,19-22H,3-12,17-18H2,1-2H3/b15-13-,16-14+/t19-,20-/m1/s1. The molecule has 0 unspecified atom stereocenters. The van der Waals surface area contributed by atoms with Crippen molar-refractivity contribution in [3.8, 4) is 0 Å². The van der Waals surface area contributed by atoms with Crippen LogP contribution in [0.5, 0.6) is 0 Å². The topological polar surface area (TPSA) is 93.2 Å². The van der Waals surface area contributed by atoms with Gasteiger partial charge in [-0.2, -0.15) is 0 Å². The number of rotatable bonds is 6. The van der Waals surface area contributed by atoms with Crippen LogP contribution in [0.25, 0.3) is 0 Å². The van der Waals surface area contributed by atoms with Gasteiger partial charge in [-0.3, -0.25) is 9.59 Å². The minimum absolute atomic E-state index is 0.0532. The van der Waals surface area contributed by atoms with E-state index in [1.807, 2.05) is 13.8 Å². The average molecular weight is 475 g/mol. The molecule has 34 heavy (non-hydrogen) atoms. The van der Waals surface area contributed by atoms with Crippen LogP contribution in [0.1, 0.15) is 78.1 Å². The highest BCUT2D eigenvalue weighted by molar-refractivity contribution is 5.96. The number of carbonyl (C=O) groups excluding carboxylic acids is 4. The Bertz CT molecular complexity index is 729. The third-order valence-electron chi connectivity index (χ3n) is 6.95. The summed E-state index contributed by atoms with van der Waals surface area (Å²) < 4.78 is 10.8. The molecule has 0 aromatic carbocycles. The second kappa shape index (κ2) is 12.7. The van der Waals surface area contributed by atoms with E-state index < -0.39 is 11.9 Å². The highest BCUT2D eigenvalue weighted by Gasteiger charge is 2.33. The Morgan fingerprint density at radius 2 is 0.941 bits per heavy atom. The van der Waals surface area contributed by atoms with Gasteiger partial charge >= 0.3 is 11.9 Å². The third-order valence-corrected chi connectivity index (χ3v) is 6.95. The minimum Gasteiger partial charge on any atom is -0.459 e. The average Bonchev–Trinajstić information content (AvgIpc) is 2.83. The van der Waals surface area contributed by atoms with Gasteiger partial charge in [-0.05, 0) is 65.2 Å². The van der Waals surface area contributed by atoms with Crippen LogP contribution in [-0.2, 0) is 28.7 Å². The van der Waals surface area contributed by atoms with Crippen molar-refractivity contribution in [1.29, 1.82) is 0 Å². The van der Waals surface area contributed by atoms with Gasteiger partial charge in [-0.25, -0.2) is 9.59 Å². The van der Waals surface area contributed by atoms with Gasteiger partial charge in [-0.1, -0.05) is 12.8 Å². The van der Waals surface area contributed by atoms with Crippen molar-refractivity contribution in [2.75, 3.05) is 13.1 Å². The van der Waals surface area contributed by atoms with Crippen LogP contribution in [-0.4, -0.2) is 70.9 Å². The van der Waals surface area contributed by atoms with Gasteiger partial charge in [-0.15, -0.1) is 0 Å². The van der Waals surface area contributed by atoms with Crippen molar-refractivity contribution in [1.82, 2.24) is 9.80 Å². The van der Waals surface area contributed by atoms with Crippen LogP contribution in [0.2, 0.25) is 0 Å². The summed E-state index contributed by atoms with van der Waals surface area (Å²) in [4.78, 5) is 52.8. The van der Waals surface area contributed by atoms with Gasteiger partial charge in [0.25, 0.3) is 0 Å². The van der Waals surface area contributed by atoms with E-state index in [1.165, 1.54) is 37.1 Å². The second-order valence-corrected chi connectivity index (χ2v) is 9.74. The van der Waals surface area contributed by atoms with Crippen LogP contribution in [0.15, 0.2) is 24.3 Å². The highest BCUT2D eigenvalue weighted by atomic mass is 16.5. The Labute approximate surface area is 202 Å². The smallest absolute Gasteiger partial charge is 0.331 e. The molecular formula is C26H38N2O6. The van der Waals surface area contributed by atoms with Gasteiger partial charge in [0, 0.05) is 49.5 Å². The number of esters is 2. The summed E-state index contributed by atoms with van der Waals surface area (Å²) in [6.07, 6.45) is 14.9. The molecule has 1 heterocycles. The molecule has 0 bridgehead atoms. The maximum absolute atomic E-state index is 12.7. The molecule has 3 fully saturated rings. The molecule has 2 saturated carbocycles. The molecule has 8 heteroatoms. The summed E-state index contributed by atoms with van der Waals surface area (Å²) in [6.45, 7) is 4.40. The number of ether oxygens (including phenoxy) is 2. The molecule has 2 aliphatic carbocycles. The van der Waals surface area contributed by atoms with Crippen molar-refractivity contribution < 1.29 is 28.7 Å². The Hall–Kier alpha value is -2.64. The molecule has 0 spiro atoms. The summed E-state index contributed by atoms with van der Waals surface area (Å²) in [7, 11) is 0. The molecule has 0 aromatic rings. The van der Waals surface area contributed by atoms with E-state index in [-0.39, 0.29) is 36.1 Å². The van der Waals surface area contributed by atoms with Gasteiger partial charge in [0.05, 0.1) is 0 Å². The van der Waals surface area contributed by atoms with E-state index in [1.54, 1.807) is 9.80 Å². The van der Waals surface area contributed by atoms with Crippen LogP contribution < -0.4 is 0 Å². The lowest BCUT2D eigenvalue weighted by atomic mass is 9.98. The third kappa shape index (κ3) is 7.71. The maximum atomic E-state index is 12.7. The Balaban J connectivity index is 1.46. The molecular weight excluding hydrogens is 436 g/mol. The number of nitrogens with zero attached hydrogens (tertiary/aromatic N) is 2. The first kappa shape index (κ1) is 26.0. The van der Waals surface area contributed by atoms with Crippen molar-refractivity contribution >= 4 is 23.8 Å². The lowest BCUT2D eigenvalue weighted by Crippen LogP contribution is -2.59. The number of carbonyl (C=O) groups is 4. The lowest BCUT2D eigenvalue weighted by molar-refractivity contribution is -0.145. The molecule has 3 aliphatic rings. The highest BCUT2D eigenvalue weighted by Crippen LogP contribution is 2.22. The molecule has 3 rings (SSSR count). The van der Waals surface area contributed by atoms with Crippen molar-refractivity contribution in [3.05, 3.63) is 24.3 Å². The Kier molecular flexibility index (Phi) is 9.72. The normalized spacial score (nSPS) is 25.0. The molecule has 2 amide bonds. The minimum atomic E-state index is -0.486. The Morgan fingerprint density at radius 3 is 1.29 bits per heavy atom. The molecule has 0 radical (unpaired) electrons. The zero-order valence-electron chi connectivity index (χ0n) is 20.4. The van der Waals surface area contributed by atoms with Gasteiger partial charge in [0.1, 0.15) is 12.2 Å². The van der Waals surface area contributed by atoms with E-state index in [0.29, 0.717) is 13.1 Å². The van der Waals surface area contributed by atoms with Gasteiger partial charge < -0.3 is 19.3 Å². The molecule has 0 N–H and O–H groups in total. The number of hydrogen-bond acceptors (Lipinski definition) is 6. The molecule has 1 saturated heterocycles. The first-order chi connectivity index (χ1) is 16.3. The molecule has 8 nitrogen and oxygen atoms in total. The predicted molar refractivity (Wildman–Crippen MR) is 127 cm³/mol. The van der Waals surface area contributed by atoms with Crippen LogP contribution in [0.3, 0.4) is 0 Å². The number of amides is 2. The van der Waals surface area contributed by atoms with E-state index in [2.05, 4.69) is 0 Å². The summed E-state index contributed by atoms with van der Waals surface area (Å²) in [5, 5.41) is 0. The quantitative estimate of drug-likeness (QED) is 0.433. The van der Waals surface area contributed by atoms with E-state index in [9.17, 15) is 19.2 Å². The summed E-state index contributed by atoms with van der Waals surface area (Å²) in [5.41, 5.74) is 0. The first-order valence-corrected chi connectivity index (χ1v) is 12.7. The fourth-order valence-corrected chi connectivity index (χ4v) is 4.98. The monoisotopic (exact) mass is 474 g/mol. The SMILES string of the molecule is C[C@@H]1CN(C(=O)/C=C/C(=O)OC2CCCCC2)[C@H](C)CN1C(=O)/C=C\C(=O)OC1CCCCC1. The van der Waals surface area contributed by atoms with Crippen molar-refractivity contribution in [3.63, 3.8) is 0 Å². The van der Waals surface area contributed by atoms with E-state index in [4.69, 9.17) is 9.47 Å². The van der Waals surface area contributed by atoms with Crippen LogP contribution >= 0.6 is 0 Å². The molecule has 0 aromatic heterocycles. The van der Waals surface area contributed by atoms with Crippen molar-refractivity contribution in [2.24, 2.45) is 0 Å². The van der Waals surface area contributed by atoms with E-state index >= 15 is 0 Å². The van der Waals surface area contributed by atoms with Crippen LogP contribution in [0.4, 0.5) is 0 Å². The van der Waals surface area contributed by atoms with Crippen molar-refractivity contribution in [2.45, 2.75) is 102 Å². The zero-order valence-corrected chi connectivity index (χ0v) is 20.4. The Morgan fingerprint density at radius 1 is 0.588 bits per heavy atom. The lowest BCUT2D eigenvalue weighted by Gasteiger charge is -2.43. The van der Waals surface area contributed by atoms with Gasteiger partial charge in [0.2, 0.25) is 11.8 Å². The molecule has 2 atom stereocenters. The number of piperazine rings is 1. The maximum Gasteiger partial charge on any atom is 0.331 e. The first-order valence-electron chi connectivity index (χ1n) is 12.7.